The molecule has 0 fully saturated rings. The van der Waals surface area contributed by atoms with Crippen LogP contribution in [0.1, 0.15) is 0 Å². The number of benzene rings is 2. The summed E-state index contributed by atoms with van der Waals surface area (Å²) in [5, 5.41) is 11.5. The lowest BCUT2D eigenvalue weighted by atomic mass is 10.1. The van der Waals surface area contributed by atoms with Crippen LogP contribution in [0.3, 0.4) is 0 Å². The van der Waals surface area contributed by atoms with Crippen LogP contribution in [0.15, 0.2) is 59.0 Å². The third-order valence-corrected chi connectivity index (χ3v) is 3.35. The Balaban J connectivity index is 2.14. The largest absolute Gasteiger partial charge is 0.403 e. The van der Waals surface area contributed by atoms with Gasteiger partial charge in [-0.3, -0.25) is 0 Å². The quantitative estimate of drug-likeness (QED) is 0.414. The first kappa shape index (κ1) is 11.7. The van der Waals surface area contributed by atoms with Crippen molar-refractivity contribution in [1.29, 1.82) is 0 Å². The summed E-state index contributed by atoms with van der Waals surface area (Å²) >= 11 is 0. The van der Waals surface area contributed by atoms with Crippen molar-refractivity contribution < 1.29 is 9.34 Å². The number of hydrogen-bond acceptors (Lipinski definition) is 4. The molecular formula is C15H9N3O3. The second-order valence-corrected chi connectivity index (χ2v) is 4.59. The van der Waals surface area contributed by atoms with E-state index < -0.39 is 4.92 Å². The number of oxazole rings is 1. The third-order valence-electron chi connectivity index (χ3n) is 3.35. The van der Waals surface area contributed by atoms with Gasteiger partial charge in [0.15, 0.2) is 16.8 Å². The molecule has 2 heterocycles. The Morgan fingerprint density at radius 3 is 2.52 bits per heavy atom. The van der Waals surface area contributed by atoms with E-state index in [1.54, 1.807) is 24.3 Å². The lowest BCUT2D eigenvalue weighted by Crippen LogP contribution is -1.95. The van der Waals surface area contributed by atoms with E-state index in [2.05, 4.69) is 4.98 Å². The van der Waals surface area contributed by atoms with Crippen molar-refractivity contribution in [3.8, 4) is 11.3 Å². The van der Waals surface area contributed by atoms with Gasteiger partial charge < -0.3 is 14.5 Å². The highest BCUT2D eigenvalue weighted by Gasteiger charge is 2.28. The maximum atomic E-state index is 11.5. The smallest absolute Gasteiger partial charge is 0.402 e. The topological polar surface area (TPSA) is 73.6 Å². The normalized spacial score (nSPS) is 11.2. The molecule has 4 rings (SSSR count). The summed E-state index contributed by atoms with van der Waals surface area (Å²) < 4.78 is 7.03. The van der Waals surface area contributed by atoms with E-state index in [1.807, 2.05) is 30.3 Å². The molecule has 2 aromatic carbocycles. The van der Waals surface area contributed by atoms with Gasteiger partial charge in [0.25, 0.3) is 0 Å². The minimum atomic E-state index is -0.426. The Morgan fingerprint density at radius 2 is 1.76 bits per heavy atom. The summed E-state index contributed by atoms with van der Waals surface area (Å²) in [6, 6.07) is 16.2. The zero-order valence-electron chi connectivity index (χ0n) is 10.8. The van der Waals surface area contributed by atoms with Gasteiger partial charge in [-0.05, 0) is 17.1 Å². The number of imidazole rings is 1. The maximum Gasteiger partial charge on any atom is 0.402 e. The number of aromatic nitrogens is 2. The van der Waals surface area contributed by atoms with Crippen molar-refractivity contribution in [1.82, 2.24) is 9.38 Å². The number of rotatable bonds is 2. The van der Waals surface area contributed by atoms with Crippen LogP contribution in [0.2, 0.25) is 0 Å². The average Bonchev–Trinajstić information content (AvgIpc) is 3.03. The van der Waals surface area contributed by atoms with Crippen molar-refractivity contribution in [3.05, 3.63) is 64.7 Å². The summed E-state index contributed by atoms with van der Waals surface area (Å²) in [5.41, 5.74) is 2.20. The maximum absolute atomic E-state index is 11.5. The molecule has 0 bridgehead atoms. The van der Waals surface area contributed by atoms with E-state index in [-0.39, 0.29) is 11.7 Å². The first-order valence-corrected chi connectivity index (χ1v) is 6.35. The minimum absolute atomic E-state index is 0.0823. The monoisotopic (exact) mass is 279 g/mol. The number of hydrogen-bond donors (Lipinski definition) is 0. The van der Waals surface area contributed by atoms with E-state index in [1.165, 1.54) is 4.40 Å². The molecule has 0 saturated carbocycles. The zero-order valence-corrected chi connectivity index (χ0v) is 10.8. The predicted octanol–water partition coefficient (Wildman–Crippen LogP) is 3.66. The molecule has 0 aliphatic carbocycles. The van der Waals surface area contributed by atoms with Gasteiger partial charge in [-0.1, -0.05) is 42.5 Å². The standard InChI is InChI=1S/C15H9N3O3/c19-18(20)14-13(10-6-2-1-3-7-10)16-15-17(14)11-8-4-5-9-12(11)21-15/h1-9H. The molecule has 0 radical (unpaired) electrons. The highest BCUT2D eigenvalue weighted by atomic mass is 16.6. The van der Waals surface area contributed by atoms with Gasteiger partial charge in [0.2, 0.25) is 0 Å². The Kier molecular flexibility index (Phi) is 2.32. The fraction of sp³-hybridized carbons (Fsp3) is 0. The van der Waals surface area contributed by atoms with Gasteiger partial charge in [0.05, 0.1) is 0 Å². The Morgan fingerprint density at radius 1 is 1.05 bits per heavy atom. The van der Waals surface area contributed by atoms with Crippen LogP contribution >= 0.6 is 0 Å². The zero-order chi connectivity index (χ0) is 14.4. The first-order valence-electron chi connectivity index (χ1n) is 6.35. The average molecular weight is 279 g/mol. The fourth-order valence-electron chi connectivity index (χ4n) is 2.46. The lowest BCUT2D eigenvalue weighted by molar-refractivity contribution is -0.389. The van der Waals surface area contributed by atoms with Gasteiger partial charge >= 0.3 is 11.7 Å². The van der Waals surface area contributed by atoms with E-state index in [9.17, 15) is 10.1 Å². The fourth-order valence-corrected chi connectivity index (χ4v) is 2.46. The van der Waals surface area contributed by atoms with Crippen LogP contribution in [0.4, 0.5) is 5.82 Å². The Bertz CT molecular complexity index is 970. The highest BCUT2D eigenvalue weighted by molar-refractivity contribution is 5.82. The molecular weight excluding hydrogens is 270 g/mol. The summed E-state index contributed by atoms with van der Waals surface area (Å²) in [5.74, 6) is 0.142. The molecule has 0 aliphatic rings. The molecule has 2 aromatic heterocycles. The molecule has 21 heavy (non-hydrogen) atoms. The lowest BCUT2D eigenvalue weighted by Gasteiger charge is -1.98. The van der Waals surface area contributed by atoms with Crippen molar-refractivity contribution in [2.24, 2.45) is 0 Å². The van der Waals surface area contributed by atoms with Crippen molar-refractivity contribution in [2.45, 2.75) is 0 Å². The summed E-state index contributed by atoms with van der Waals surface area (Å²) in [6.07, 6.45) is 0. The summed E-state index contributed by atoms with van der Waals surface area (Å²) in [7, 11) is 0. The van der Waals surface area contributed by atoms with E-state index in [4.69, 9.17) is 4.42 Å². The van der Waals surface area contributed by atoms with E-state index in [0.717, 1.165) is 0 Å². The molecule has 0 aliphatic heterocycles. The van der Waals surface area contributed by atoms with Gasteiger partial charge in [-0.15, -0.1) is 4.40 Å². The first-order chi connectivity index (χ1) is 10.3. The Hall–Kier alpha value is -3.15. The second-order valence-electron chi connectivity index (χ2n) is 4.59. The molecule has 0 atom stereocenters. The van der Waals surface area contributed by atoms with Crippen molar-refractivity contribution >= 4 is 22.8 Å². The van der Waals surface area contributed by atoms with Gasteiger partial charge in [-0.2, -0.15) is 4.98 Å². The molecule has 102 valence electrons. The van der Waals surface area contributed by atoms with E-state index >= 15 is 0 Å². The number of nitrogens with zero attached hydrogens (tertiary/aromatic N) is 3. The molecule has 0 N–H and O–H groups in total. The van der Waals surface area contributed by atoms with Crippen LogP contribution in [0.5, 0.6) is 0 Å². The molecule has 6 heteroatoms. The second kappa shape index (κ2) is 4.17. The number of para-hydroxylation sites is 2. The number of fused-ring (bicyclic) bond motifs is 3. The van der Waals surface area contributed by atoms with Crippen molar-refractivity contribution in [3.63, 3.8) is 0 Å². The van der Waals surface area contributed by atoms with Crippen LogP contribution in [-0.2, 0) is 0 Å². The van der Waals surface area contributed by atoms with Crippen LogP contribution in [0, 0.1) is 10.1 Å². The van der Waals surface area contributed by atoms with Gasteiger partial charge in [0.1, 0.15) is 0 Å². The molecule has 4 aromatic rings. The van der Waals surface area contributed by atoms with E-state index in [0.29, 0.717) is 22.4 Å². The van der Waals surface area contributed by atoms with Gasteiger partial charge in [0, 0.05) is 5.56 Å². The van der Waals surface area contributed by atoms with Crippen LogP contribution in [0.25, 0.3) is 28.2 Å². The van der Waals surface area contributed by atoms with Crippen LogP contribution in [-0.4, -0.2) is 14.3 Å². The summed E-state index contributed by atoms with van der Waals surface area (Å²) in [4.78, 5) is 15.4. The predicted molar refractivity (Wildman–Crippen MR) is 77.1 cm³/mol. The molecule has 0 amide bonds. The van der Waals surface area contributed by atoms with Crippen LogP contribution < -0.4 is 0 Å². The minimum Gasteiger partial charge on any atom is -0.403 e. The molecule has 6 nitrogen and oxygen atoms in total. The molecule has 0 spiro atoms. The van der Waals surface area contributed by atoms with Crippen molar-refractivity contribution in [2.75, 3.05) is 0 Å². The highest BCUT2D eigenvalue weighted by Crippen LogP contribution is 2.34. The number of nitro groups is 1. The molecule has 0 unspecified atom stereocenters. The molecule has 0 saturated heterocycles. The van der Waals surface area contributed by atoms with Gasteiger partial charge in [-0.25, -0.2) is 0 Å². The summed E-state index contributed by atoms with van der Waals surface area (Å²) in [6.45, 7) is 0. The SMILES string of the molecule is O=[N+]([O-])c1c(-c2ccccc2)nc2oc3ccccc3n12. The Labute approximate surface area is 118 Å². The third kappa shape index (κ3) is 1.62.